The van der Waals surface area contributed by atoms with Gasteiger partial charge in [-0.15, -0.1) is 6.58 Å². The number of nitrogens with one attached hydrogen (secondary N) is 4. The van der Waals surface area contributed by atoms with Gasteiger partial charge in [0, 0.05) is 32.6 Å². The molecule has 1 saturated carbocycles. The second-order valence-corrected chi connectivity index (χ2v) is 16.4. The number of ketones is 1. The molecule has 6 amide bonds. The predicted molar refractivity (Wildman–Crippen MR) is 185 cm³/mol. The van der Waals surface area contributed by atoms with Gasteiger partial charge < -0.3 is 31.1 Å². The molecule has 0 radical (unpaired) electrons. The maximum atomic E-state index is 14.4. The van der Waals surface area contributed by atoms with Crippen LogP contribution in [0, 0.1) is 28.6 Å². The van der Waals surface area contributed by atoms with E-state index in [1.54, 1.807) is 9.80 Å². The normalized spacial score (nSPS) is 22.1. The van der Waals surface area contributed by atoms with Crippen molar-refractivity contribution >= 4 is 35.4 Å². The highest BCUT2D eigenvalue weighted by atomic mass is 16.2. The summed E-state index contributed by atoms with van der Waals surface area (Å²) in [5.74, 6) is -2.12. The van der Waals surface area contributed by atoms with Gasteiger partial charge in [-0.2, -0.15) is 0 Å². The molecule has 2 aliphatic heterocycles. The van der Waals surface area contributed by atoms with Crippen molar-refractivity contribution in [1.82, 2.24) is 31.1 Å². The summed E-state index contributed by atoms with van der Waals surface area (Å²) < 4.78 is 0. The third-order valence-electron chi connectivity index (χ3n) is 9.95. The molecule has 0 bridgehead atoms. The van der Waals surface area contributed by atoms with Crippen molar-refractivity contribution < 1.29 is 28.8 Å². The summed E-state index contributed by atoms with van der Waals surface area (Å²) in [5, 5.41) is 11.3. The lowest BCUT2D eigenvalue weighted by molar-refractivity contribution is -0.144. The summed E-state index contributed by atoms with van der Waals surface area (Å²) in [6.45, 7) is 20.6. The van der Waals surface area contributed by atoms with E-state index in [0.717, 1.165) is 25.7 Å². The van der Waals surface area contributed by atoms with E-state index in [4.69, 9.17) is 0 Å². The lowest BCUT2D eigenvalue weighted by atomic mass is 9.84. The molecule has 2 unspecified atom stereocenters. The standard InChI is InChI=1S/C36H60N6O6/c1-10-17-37-32(46)29(44)25(20-23-14-15-23)38-31(45)28-24(22(2)3)16-19-42(28)33(47)30(36(7,8)9)40-34(48)39-26(35(4,5)6)21-41-18-12-11-13-27(41)43/h10,22-26,28,30H,1,11-21H2,2-9H3,(H,37,46)(H,38,45)(H2,39,40,48)/t24?,25?,26-,28+,30-/m1/s1. The van der Waals surface area contributed by atoms with Gasteiger partial charge in [-0.3, -0.25) is 24.0 Å². The fourth-order valence-corrected chi connectivity index (χ4v) is 6.64. The van der Waals surface area contributed by atoms with Gasteiger partial charge in [0.05, 0.1) is 12.1 Å². The summed E-state index contributed by atoms with van der Waals surface area (Å²) in [6.07, 6.45) is 6.59. The Balaban J connectivity index is 1.81. The quantitative estimate of drug-likeness (QED) is 0.164. The number of rotatable bonds is 14. The van der Waals surface area contributed by atoms with Crippen LogP contribution in [0.15, 0.2) is 12.7 Å². The van der Waals surface area contributed by atoms with Crippen LogP contribution in [0.2, 0.25) is 0 Å². The molecule has 3 fully saturated rings. The Bertz CT molecular complexity index is 1220. The first kappa shape index (κ1) is 39.0. The van der Waals surface area contributed by atoms with Gasteiger partial charge in [0.25, 0.3) is 5.91 Å². The van der Waals surface area contributed by atoms with Crippen molar-refractivity contribution in [1.29, 1.82) is 0 Å². The van der Waals surface area contributed by atoms with Crippen LogP contribution in [0.3, 0.4) is 0 Å². The van der Waals surface area contributed by atoms with E-state index in [-0.39, 0.29) is 47.6 Å². The molecular formula is C36H60N6O6. The molecule has 0 spiro atoms. The number of amides is 6. The molecule has 12 nitrogen and oxygen atoms in total. The fraction of sp³-hybridized carbons (Fsp3) is 0.778. The number of urea groups is 1. The van der Waals surface area contributed by atoms with Gasteiger partial charge in [-0.25, -0.2) is 4.79 Å². The largest absolute Gasteiger partial charge is 0.346 e. The molecule has 5 atom stereocenters. The molecule has 3 aliphatic rings. The monoisotopic (exact) mass is 672 g/mol. The molecule has 0 aromatic heterocycles. The molecule has 0 aromatic carbocycles. The van der Waals surface area contributed by atoms with Crippen LogP contribution in [0.5, 0.6) is 0 Å². The average molecular weight is 673 g/mol. The van der Waals surface area contributed by atoms with Gasteiger partial charge in [0.15, 0.2) is 0 Å². The fourth-order valence-electron chi connectivity index (χ4n) is 6.64. The number of likely N-dealkylation sites (tertiary alicyclic amines) is 2. The zero-order chi connectivity index (χ0) is 36.0. The Kier molecular flexibility index (Phi) is 13.3. The van der Waals surface area contributed by atoms with Crippen LogP contribution in [0.25, 0.3) is 0 Å². The number of Topliss-reactive ketones (excluding diaryl/α,β-unsaturated/α-hetero) is 1. The minimum atomic E-state index is -0.997. The molecule has 48 heavy (non-hydrogen) atoms. The molecular weight excluding hydrogens is 612 g/mol. The lowest BCUT2D eigenvalue weighted by Gasteiger charge is -2.39. The number of hydrogen-bond acceptors (Lipinski definition) is 6. The van der Waals surface area contributed by atoms with Gasteiger partial charge in [-0.1, -0.05) is 74.3 Å². The van der Waals surface area contributed by atoms with Crippen LogP contribution < -0.4 is 21.3 Å². The van der Waals surface area contributed by atoms with Crippen LogP contribution in [0.4, 0.5) is 4.79 Å². The second-order valence-electron chi connectivity index (χ2n) is 16.4. The first-order valence-corrected chi connectivity index (χ1v) is 17.7. The summed E-state index contributed by atoms with van der Waals surface area (Å²) in [7, 11) is 0. The number of nitrogens with zero attached hydrogens (tertiary/aromatic N) is 2. The van der Waals surface area contributed by atoms with Crippen LogP contribution >= 0.6 is 0 Å². The summed E-state index contributed by atoms with van der Waals surface area (Å²) in [6, 6.07) is -3.72. The van der Waals surface area contributed by atoms with E-state index in [9.17, 15) is 28.8 Å². The molecule has 270 valence electrons. The number of hydrogen-bond donors (Lipinski definition) is 4. The Morgan fingerprint density at radius 2 is 1.58 bits per heavy atom. The summed E-state index contributed by atoms with van der Waals surface area (Å²) in [4.78, 5) is 83.7. The van der Waals surface area contributed by atoms with E-state index in [1.165, 1.54) is 6.08 Å². The number of carbonyl (C=O) groups is 6. The van der Waals surface area contributed by atoms with Gasteiger partial charge in [-0.05, 0) is 54.3 Å². The van der Waals surface area contributed by atoms with E-state index < -0.39 is 47.2 Å². The van der Waals surface area contributed by atoms with E-state index in [0.29, 0.717) is 38.9 Å². The second kappa shape index (κ2) is 16.3. The highest BCUT2D eigenvalue weighted by Crippen LogP contribution is 2.36. The summed E-state index contributed by atoms with van der Waals surface area (Å²) >= 11 is 0. The van der Waals surface area contributed by atoms with Gasteiger partial charge in [0.2, 0.25) is 23.5 Å². The van der Waals surface area contributed by atoms with Crippen molar-refractivity contribution in [2.75, 3.05) is 26.2 Å². The SMILES string of the molecule is C=CCNC(=O)C(=O)C(CC1CC1)NC(=O)[C@@H]1C(C(C)C)CCN1C(=O)[C@@H](NC(=O)N[C@H](CN1CCCCC1=O)C(C)(C)C)C(C)(C)C. The highest BCUT2D eigenvalue weighted by Gasteiger charge is 2.48. The Hall–Kier alpha value is -3.44. The third-order valence-corrected chi connectivity index (χ3v) is 9.95. The van der Waals surface area contributed by atoms with Crippen LogP contribution in [-0.2, 0) is 24.0 Å². The topological polar surface area (TPSA) is 157 Å². The van der Waals surface area contributed by atoms with E-state index in [1.807, 2.05) is 55.4 Å². The zero-order valence-corrected chi connectivity index (χ0v) is 30.4. The van der Waals surface area contributed by atoms with Crippen LogP contribution in [-0.4, -0.2) is 95.6 Å². The highest BCUT2D eigenvalue weighted by molar-refractivity contribution is 6.38. The Morgan fingerprint density at radius 3 is 2.12 bits per heavy atom. The minimum Gasteiger partial charge on any atom is -0.346 e. The number of piperidine rings is 1. The van der Waals surface area contributed by atoms with Gasteiger partial charge in [0.1, 0.15) is 12.1 Å². The smallest absolute Gasteiger partial charge is 0.315 e. The Morgan fingerprint density at radius 1 is 0.917 bits per heavy atom. The first-order valence-electron chi connectivity index (χ1n) is 17.7. The predicted octanol–water partition coefficient (Wildman–Crippen LogP) is 3.16. The van der Waals surface area contributed by atoms with Crippen molar-refractivity contribution in [3.63, 3.8) is 0 Å². The van der Waals surface area contributed by atoms with E-state index in [2.05, 4.69) is 27.8 Å². The van der Waals surface area contributed by atoms with Crippen molar-refractivity contribution in [2.24, 2.45) is 28.6 Å². The van der Waals surface area contributed by atoms with E-state index >= 15 is 0 Å². The molecule has 12 heteroatoms. The maximum absolute atomic E-state index is 14.4. The zero-order valence-electron chi connectivity index (χ0n) is 30.4. The van der Waals surface area contributed by atoms with Crippen molar-refractivity contribution in [3.8, 4) is 0 Å². The first-order chi connectivity index (χ1) is 22.3. The van der Waals surface area contributed by atoms with Crippen molar-refractivity contribution in [2.45, 2.75) is 125 Å². The third kappa shape index (κ3) is 10.5. The minimum absolute atomic E-state index is 0.0569. The molecule has 2 saturated heterocycles. The van der Waals surface area contributed by atoms with Crippen LogP contribution in [0.1, 0.15) is 100 Å². The average Bonchev–Trinajstić information content (AvgIpc) is 3.70. The Labute approximate surface area is 286 Å². The lowest BCUT2D eigenvalue weighted by Crippen LogP contribution is -2.62. The van der Waals surface area contributed by atoms with Crippen molar-refractivity contribution in [3.05, 3.63) is 12.7 Å². The maximum Gasteiger partial charge on any atom is 0.315 e. The molecule has 3 rings (SSSR count). The number of carbonyl (C=O) groups excluding carboxylic acids is 6. The molecule has 4 N–H and O–H groups in total. The molecule has 2 heterocycles. The molecule has 1 aliphatic carbocycles. The summed E-state index contributed by atoms with van der Waals surface area (Å²) in [5.41, 5.74) is -1.07. The molecule has 0 aromatic rings. The van der Waals surface area contributed by atoms with Gasteiger partial charge >= 0.3 is 6.03 Å².